The average Bonchev–Trinajstić information content (AvgIpc) is 2.52. The molecule has 0 saturated carbocycles. The topological polar surface area (TPSA) is 38.3 Å². The SMILES string of the molecule is CCC(NC(=O)c1ccc(C)cc1C)c1ccc(OC)cc1. The number of hydrogen-bond acceptors (Lipinski definition) is 2. The molecule has 0 saturated heterocycles. The highest BCUT2D eigenvalue weighted by atomic mass is 16.5. The maximum Gasteiger partial charge on any atom is 0.252 e. The van der Waals surface area contributed by atoms with Crippen molar-refractivity contribution in [1.82, 2.24) is 5.32 Å². The third-order valence-corrected chi connectivity index (χ3v) is 3.86. The van der Waals surface area contributed by atoms with Gasteiger partial charge in [-0.15, -0.1) is 0 Å². The van der Waals surface area contributed by atoms with Gasteiger partial charge in [0.1, 0.15) is 5.75 Å². The van der Waals surface area contributed by atoms with Crippen LogP contribution in [0.25, 0.3) is 0 Å². The lowest BCUT2D eigenvalue weighted by Crippen LogP contribution is -2.28. The molecule has 0 aliphatic heterocycles. The number of benzene rings is 2. The standard InChI is InChI=1S/C19H23NO2/c1-5-18(15-7-9-16(22-4)10-8-15)20-19(21)17-11-6-13(2)12-14(17)3/h6-12,18H,5H2,1-4H3,(H,20,21). The van der Waals surface area contributed by atoms with E-state index in [1.54, 1.807) is 7.11 Å². The minimum atomic E-state index is -0.0276. The second-order valence-electron chi connectivity index (χ2n) is 5.53. The summed E-state index contributed by atoms with van der Waals surface area (Å²) < 4.78 is 5.17. The molecule has 3 nitrogen and oxygen atoms in total. The molecule has 3 heteroatoms. The van der Waals surface area contributed by atoms with Gasteiger partial charge in [0.2, 0.25) is 0 Å². The Hall–Kier alpha value is -2.29. The number of carbonyl (C=O) groups is 1. The summed E-state index contributed by atoms with van der Waals surface area (Å²) in [7, 11) is 1.65. The summed E-state index contributed by atoms with van der Waals surface area (Å²) >= 11 is 0. The molecular weight excluding hydrogens is 274 g/mol. The number of hydrogen-bond donors (Lipinski definition) is 1. The van der Waals surface area contributed by atoms with Crippen LogP contribution in [-0.2, 0) is 0 Å². The van der Waals surface area contributed by atoms with Gasteiger partial charge < -0.3 is 10.1 Å². The molecule has 1 amide bonds. The number of nitrogens with one attached hydrogen (secondary N) is 1. The number of aryl methyl sites for hydroxylation is 2. The monoisotopic (exact) mass is 297 g/mol. The summed E-state index contributed by atoms with van der Waals surface area (Å²) in [4.78, 5) is 12.5. The molecular formula is C19H23NO2. The van der Waals surface area contributed by atoms with Crippen LogP contribution >= 0.6 is 0 Å². The van der Waals surface area contributed by atoms with E-state index >= 15 is 0 Å². The summed E-state index contributed by atoms with van der Waals surface area (Å²) in [6.07, 6.45) is 0.836. The number of ether oxygens (including phenoxy) is 1. The van der Waals surface area contributed by atoms with Gasteiger partial charge >= 0.3 is 0 Å². The maximum absolute atomic E-state index is 12.5. The van der Waals surface area contributed by atoms with Crippen molar-refractivity contribution in [2.24, 2.45) is 0 Å². The lowest BCUT2D eigenvalue weighted by atomic mass is 10.0. The van der Waals surface area contributed by atoms with E-state index in [0.717, 1.165) is 34.4 Å². The van der Waals surface area contributed by atoms with Crippen LogP contribution in [-0.4, -0.2) is 13.0 Å². The first-order valence-corrected chi connectivity index (χ1v) is 7.57. The Morgan fingerprint density at radius 3 is 2.36 bits per heavy atom. The van der Waals surface area contributed by atoms with Crippen LogP contribution in [0, 0.1) is 13.8 Å². The van der Waals surface area contributed by atoms with Crippen LogP contribution in [0.15, 0.2) is 42.5 Å². The Labute approximate surface area is 132 Å². The molecule has 2 rings (SSSR count). The summed E-state index contributed by atoms with van der Waals surface area (Å²) in [6.45, 7) is 6.06. The van der Waals surface area contributed by atoms with Gasteiger partial charge in [0, 0.05) is 5.56 Å². The van der Waals surface area contributed by atoms with Gasteiger partial charge in [0.05, 0.1) is 13.2 Å². The predicted molar refractivity (Wildman–Crippen MR) is 89.4 cm³/mol. The summed E-state index contributed by atoms with van der Waals surface area (Å²) in [5, 5.41) is 3.12. The number of amides is 1. The highest BCUT2D eigenvalue weighted by Gasteiger charge is 2.15. The molecule has 1 N–H and O–H groups in total. The quantitative estimate of drug-likeness (QED) is 0.898. The van der Waals surface area contributed by atoms with E-state index in [-0.39, 0.29) is 11.9 Å². The third-order valence-electron chi connectivity index (χ3n) is 3.86. The molecule has 22 heavy (non-hydrogen) atoms. The Kier molecular flexibility index (Phi) is 5.21. The van der Waals surface area contributed by atoms with Gasteiger partial charge in [0.25, 0.3) is 5.91 Å². The van der Waals surface area contributed by atoms with Gasteiger partial charge in [-0.1, -0.05) is 36.8 Å². The zero-order valence-electron chi connectivity index (χ0n) is 13.6. The van der Waals surface area contributed by atoms with Crippen LogP contribution in [0.5, 0.6) is 5.75 Å². The Morgan fingerprint density at radius 1 is 1.14 bits per heavy atom. The van der Waals surface area contributed by atoms with Gasteiger partial charge in [0.15, 0.2) is 0 Å². The van der Waals surface area contributed by atoms with Crippen molar-refractivity contribution in [3.8, 4) is 5.75 Å². The molecule has 0 fully saturated rings. The van der Waals surface area contributed by atoms with Crippen molar-refractivity contribution in [3.63, 3.8) is 0 Å². The third kappa shape index (κ3) is 3.67. The molecule has 0 aliphatic rings. The fourth-order valence-electron chi connectivity index (χ4n) is 2.56. The normalized spacial score (nSPS) is 11.8. The average molecular weight is 297 g/mol. The molecule has 1 atom stereocenters. The first-order valence-electron chi connectivity index (χ1n) is 7.57. The second-order valence-corrected chi connectivity index (χ2v) is 5.53. The maximum atomic E-state index is 12.5. The lowest BCUT2D eigenvalue weighted by molar-refractivity contribution is 0.0935. The summed E-state index contributed by atoms with van der Waals surface area (Å²) in [6, 6.07) is 13.7. The molecule has 0 aliphatic carbocycles. The van der Waals surface area contributed by atoms with Crippen LogP contribution in [0.3, 0.4) is 0 Å². The van der Waals surface area contributed by atoms with E-state index in [0.29, 0.717) is 0 Å². The fraction of sp³-hybridized carbons (Fsp3) is 0.316. The van der Waals surface area contributed by atoms with Gasteiger partial charge in [-0.25, -0.2) is 0 Å². The smallest absolute Gasteiger partial charge is 0.252 e. The Morgan fingerprint density at radius 2 is 1.82 bits per heavy atom. The van der Waals surface area contributed by atoms with E-state index < -0.39 is 0 Å². The van der Waals surface area contributed by atoms with E-state index in [2.05, 4.69) is 12.2 Å². The molecule has 1 unspecified atom stereocenters. The highest BCUT2D eigenvalue weighted by Crippen LogP contribution is 2.21. The lowest BCUT2D eigenvalue weighted by Gasteiger charge is -2.18. The highest BCUT2D eigenvalue weighted by molar-refractivity contribution is 5.95. The molecule has 0 radical (unpaired) electrons. The molecule has 2 aromatic rings. The van der Waals surface area contributed by atoms with Gasteiger partial charge in [-0.2, -0.15) is 0 Å². The van der Waals surface area contributed by atoms with Crippen LogP contribution in [0.2, 0.25) is 0 Å². The van der Waals surface area contributed by atoms with Crippen molar-refractivity contribution in [3.05, 3.63) is 64.7 Å². The van der Waals surface area contributed by atoms with Crippen molar-refractivity contribution < 1.29 is 9.53 Å². The number of methoxy groups -OCH3 is 1. The second kappa shape index (κ2) is 7.12. The first-order chi connectivity index (χ1) is 10.5. The van der Waals surface area contributed by atoms with Crippen molar-refractivity contribution in [2.45, 2.75) is 33.2 Å². The first kappa shape index (κ1) is 16.1. The molecule has 0 spiro atoms. The van der Waals surface area contributed by atoms with Crippen LogP contribution < -0.4 is 10.1 Å². The number of carbonyl (C=O) groups excluding carboxylic acids is 1. The van der Waals surface area contributed by atoms with Crippen molar-refractivity contribution in [1.29, 1.82) is 0 Å². The van der Waals surface area contributed by atoms with E-state index in [1.807, 2.05) is 56.3 Å². The van der Waals surface area contributed by atoms with Crippen molar-refractivity contribution in [2.75, 3.05) is 7.11 Å². The minimum absolute atomic E-state index is 0.000825. The number of rotatable bonds is 5. The molecule has 0 aromatic heterocycles. The largest absolute Gasteiger partial charge is 0.497 e. The summed E-state index contributed by atoms with van der Waals surface area (Å²) in [5.41, 5.74) is 3.98. The fourth-order valence-corrected chi connectivity index (χ4v) is 2.56. The Balaban J connectivity index is 2.16. The minimum Gasteiger partial charge on any atom is -0.497 e. The van der Waals surface area contributed by atoms with Gasteiger partial charge in [-0.3, -0.25) is 4.79 Å². The molecule has 116 valence electrons. The zero-order valence-corrected chi connectivity index (χ0v) is 13.6. The summed E-state index contributed by atoms with van der Waals surface area (Å²) in [5.74, 6) is 0.791. The van der Waals surface area contributed by atoms with E-state index in [1.165, 1.54) is 0 Å². The van der Waals surface area contributed by atoms with Crippen LogP contribution in [0.1, 0.15) is 46.4 Å². The Bertz CT molecular complexity index is 647. The van der Waals surface area contributed by atoms with Crippen LogP contribution in [0.4, 0.5) is 0 Å². The molecule has 0 bridgehead atoms. The van der Waals surface area contributed by atoms with Gasteiger partial charge in [-0.05, 0) is 49.6 Å². The van der Waals surface area contributed by atoms with Crippen molar-refractivity contribution >= 4 is 5.91 Å². The van der Waals surface area contributed by atoms with E-state index in [4.69, 9.17) is 4.74 Å². The zero-order chi connectivity index (χ0) is 16.1. The molecule has 0 heterocycles. The predicted octanol–water partition coefficient (Wildman–Crippen LogP) is 4.19. The molecule has 2 aromatic carbocycles. The van der Waals surface area contributed by atoms with E-state index in [9.17, 15) is 4.79 Å².